The predicted molar refractivity (Wildman–Crippen MR) is 109 cm³/mol. The molecule has 0 aromatic carbocycles. The first-order valence-electron chi connectivity index (χ1n) is 10.0. The first kappa shape index (κ1) is 21.8. The van der Waals surface area contributed by atoms with Gasteiger partial charge in [-0.3, -0.25) is 4.99 Å². The van der Waals surface area contributed by atoms with E-state index in [0.29, 0.717) is 19.0 Å². The van der Waals surface area contributed by atoms with E-state index in [0.717, 1.165) is 45.2 Å². The van der Waals surface area contributed by atoms with Gasteiger partial charge in [0.1, 0.15) is 5.60 Å². The van der Waals surface area contributed by atoms with Crippen LogP contribution in [0.3, 0.4) is 0 Å². The van der Waals surface area contributed by atoms with Crippen LogP contribution in [0.5, 0.6) is 0 Å². The van der Waals surface area contributed by atoms with E-state index in [9.17, 15) is 4.79 Å². The Kier molecular flexibility index (Phi) is 7.73. The summed E-state index contributed by atoms with van der Waals surface area (Å²) in [7, 11) is 3.97. The number of likely N-dealkylation sites (N-methyl/N-ethyl adjacent to an activating group) is 1. The van der Waals surface area contributed by atoms with E-state index in [1.165, 1.54) is 0 Å². The molecule has 0 bridgehead atoms. The number of hydrogen-bond acceptors (Lipinski definition) is 5. The van der Waals surface area contributed by atoms with E-state index in [1.807, 2.05) is 20.8 Å². The lowest BCUT2D eigenvalue weighted by Gasteiger charge is -2.40. The number of aliphatic imine (C=N–C) groups is 1. The molecular formula is C19H38N6O2. The van der Waals surface area contributed by atoms with Crippen molar-refractivity contribution in [3.05, 3.63) is 0 Å². The molecule has 0 radical (unpaired) electrons. The molecule has 2 rings (SSSR count). The number of carbonyl (C=O) groups excluding carboxylic acids is 1. The lowest BCUT2D eigenvalue weighted by Crippen LogP contribution is -2.63. The first-order valence-corrected chi connectivity index (χ1v) is 10.0. The molecule has 1 amide bonds. The van der Waals surface area contributed by atoms with Gasteiger partial charge in [-0.15, -0.1) is 0 Å². The van der Waals surface area contributed by atoms with Gasteiger partial charge in [-0.1, -0.05) is 6.92 Å². The van der Waals surface area contributed by atoms with Gasteiger partial charge in [0.15, 0.2) is 5.96 Å². The second-order valence-corrected chi connectivity index (χ2v) is 8.89. The van der Waals surface area contributed by atoms with Gasteiger partial charge in [0.25, 0.3) is 0 Å². The molecule has 2 fully saturated rings. The summed E-state index contributed by atoms with van der Waals surface area (Å²) < 4.78 is 5.38. The van der Waals surface area contributed by atoms with Gasteiger partial charge in [-0.2, -0.15) is 0 Å². The maximum atomic E-state index is 12.0. The molecular weight excluding hydrogens is 344 g/mol. The van der Waals surface area contributed by atoms with E-state index in [4.69, 9.17) is 4.74 Å². The van der Waals surface area contributed by atoms with Crippen LogP contribution in [0.1, 0.15) is 27.7 Å². The zero-order valence-corrected chi connectivity index (χ0v) is 17.9. The Labute approximate surface area is 164 Å². The summed E-state index contributed by atoms with van der Waals surface area (Å²) in [6, 6.07) is 0.219. The lowest BCUT2D eigenvalue weighted by molar-refractivity contribution is 0.00700. The zero-order valence-electron chi connectivity index (χ0n) is 17.9. The molecule has 2 aliphatic rings. The van der Waals surface area contributed by atoms with Crippen LogP contribution in [0.25, 0.3) is 0 Å². The Bertz CT molecular complexity index is 505. The van der Waals surface area contributed by atoms with Crippen LogP contribution in [0.4, 0.5) is 4.79 Å². The van der Waals surface area contributed by atoms with Crippen molar-refractivity contribution in [1.82, 2.24) is 25.3 Å². The summed E-state index contributed by atoms with van der Waals surface area (Å²) in [5, 5.41) is 6.80. The monoisotopic (exact) mass is 382 g/mol. The molecule has 0 saturated carbocycles. The van der Waals surface area contributed by atoms with Gasteiger partial charge in [-0.05, 0) is 33.7 Å². The number of rotatable bonds is 5. The molecule has 0 aromatic rings. The molecule has 156 valence electrons. The smallest absolute Gasteiger partial charge is 0.410 e. The molecule has 27 heavy (non-hydrogen) atoms. The number of guanidine groups is 1. The summed E-state index contributed by atoms with van der Waals surface area (Å²) >= 11 is 0. The van der Waals surface area contributed by atoms with Gasteiger partial charge in [0, 0.05) is 59.4 Å². The van der Waals surface area contributed by atoms with Crippen molar-refractivity contribution in [2.24, 2.45) is 10.9 Å². The fourth-order valence-electron chi connectivity index (χ4n) is 3.24. The largest absolute Gasteiger partial charge is 0.444 e. The van der Waals surface area contributed by atoms with E-state index >= 15 is 0 Å². The second-order valence-electron chi connectivity index (χ2n) is 8.89. The molecule has 1 atom stereocenters. The topological polar surface area (TPSA) is 72.4 Å². The van der Waals surface area contributed by atoms with Gasteiger partial charge < -0.3 is 30.1 Å². The summed E-state index contributed by atoms with van der Waals surface area (Å²) in [5.41, 5.74) is -0.451. The third kappa shape index (κ3) is 7.54. The average Bonchev–Trinajstić information content (AvgIpc) is 2.53. The van der Waals surface area contributed by atoms with Gasteiger partial charge in [0.2, 0.25) is 0 Å². The predicted octanol–water partition coefficient (Wildman–Crippen LogP) is 0.654. The second kappa shape index (κ2) is 9.59. The van der Waals surface area contributed by atoms with E-state index in [1.54, 1.807) is 11.9 Å². The zero-order chi connectivity index (χ0) is 20.0. The number of ether oxygens (including phenoxy) is 1. The highest BCUT2D eigenvalue weighted by Crippen LogP contribution is 2.15. The molecule has 0 spiro atoms. The minimum atomic E-state index is -0.451. The lowest BCUT2D eigenvalue weighted by atomic mass is 10.1. The SMILES string of the molecule is CN=C(NCC(C)CN1CCN(C)CC1)NC1CN(C(=O)OC(C)(C)C)C1. The van der Waals surface area contributed by atoms with Crippen molar-refractivity contribution >= 4 is 12.1 Å². The average molecular weight is 383 g/mol. The van der Waals surface area contributed by atoms with Gasteiger partial charge in [0.05, 0.1) is 6.04 Å². The van der Waals surface area contributed by atoms with Gasteiger partial charge >= 0.3 is 6.09 Å². The Balaban J connectivity index is 1.63. The molecule has 0 aliphatic carbocycles. The molecule has 2 saturated heterocycles. The highest BCUT2D eigenvalue weighted by Gasteiger charge is 2.34. The minimum Gasteiger partial charge on any atom is -0.444 e. The number of nitrogens with zero attached hydrogens (tertiary/aromatic N) is 4. The number of hydrogen-bond donors (Lipinski definition) is 2. The van der Waals surface area contributed by atoms with Crippen LogP contribution in [0, 0.1) is 5.92 Å². The van der Waals surface area contributed by atoms with Crippen molar-refractivity contribution in [3.63, 3.8) is 0 Å². The quantitative estimate of drug-likeness (QED) is 0.537. The maximum absolute atomic E-state index is 12.0. The number of amides is 1. The Hall–Kier alpha value is -1.54. The Morgan fingerprint density at radius 1 is 1.22 bits per heavy atom. The highest BCUT2D eigenvalue weighted by molar-refractivity contribution is 5.80. The van der Waals surface area contributed by atoms with Crippen molar-refractivity contribution < 1.29 is 9.53 Å². The van der Waals surface area contributed by atoms with E-state index < -0.39 is 5.60 Å². The highest BCUT2D eigenvalue weighted by atomic mass is 16.6. The van der Waals surface area contributed by atoms with E-state index in [-0.39, 0.29) is 12.1 Å². The van der Waals surface area contributed by atoms with E-state index in [2.05, 4.69) is 39.4 Å². The maximum Gasteiger partial charge on any atom is 0.410 e. The molecule has 2 N–H and O–H groups in total. The number of piperazine rings is 1. The van der Waals surface area contributed by atoms with Crippen LogP contribution in [-0.2, 0) is 4.74 Å². The summed E-state index contributed by atoms with van der Waals surface area (Å²) in [6.45, 7) is 15.8. The first-order chi connectivity index (χ1) is 12.7. The summed E-state index contributed by atoms with van der Waals surface area (Å²) in [4.78, 5) is 22.9. The van der Waals surface area contributed by atoms with Crippen LogP contribution in [0.2, 0.25) is 0 Å². The molecule has 1 unspecified atom stereocenters. The number of nitrogens with one attached hydrogen (secondary N) is 2. The molecule has 2 aliphatic heterocycles. The third-order valence-corrected chi connectivity index (χ3v) is 4.88. The van der Waals surface area contributed by atoms with Crippen molar-refractivity contribution in [3.8, 4) is 0 Å². The standard InChI is InChI=1S/C19H38N6O2/c1-15(12-24-9-7-23(6)8-10-24)11-21-17(20-5)22-16-13-25(14-16)18(26)27-19(2,3)4/h15-16H,7-14H2,1-6H3,(H2,20,21,22). The van der Waals surface area contributed by atoms with Crippen molar-refractivity contribution in [2.45, 2.75) is 39.3 Å². The summed E-state index contributed by atoms with van der Waals surface area (Å²) in [5.74, 6) is 1.35. The molecule has 0 aromatic heterocycles. The molecule has 8 nitrogen and oxygen atoms in total. The molecule has 2 heterocycles. The Morgan fingerprint density at radius 3 is 2.41 bits per heavy atom. The number of carbonyl (C=O) groups is 1. The van der Waals surface area contributed by atoms with Crippen molar-refractivity contribution in [1.29, 1.82) is 0 Å². The fraction of sp³-hybridized carbons (Fsp3) is 0.895. The van der Waals surface area contributed by atoms with Crippen LogP contribution < -0.4 is 10.6 Å². The Morgan fingerprint density at radius 2 is 1.85 bits per heavy atom. The third-order valence-electron chi connectivity index (χ3n) is 4.88. The number of likely N-dealkylation sites (tertiary alicyclic amines) is 1. The van der Waals surface area contributed by atoms with Gasteiger partial charge in [-0.25, -0.2) is 4.79 Å². The van der Waals surface area contributed by atoms with Crippen molar-refractivity contribution in [2.75, 3.05) is 66.5 Å². The van der Waals surface area contributed by atoms with Crippen LogP contribution >= 0.6 is 0 Å². The molecule has 8 heteroatoms. The van der Waals surface area contributed by atoms with Crippen LogP contribution in [-0.4, -0.2) is 105 Å². The normalized spacial score (nSPS) is 21.6. The fourth-order valence-corrected chi connectivity index (χ4v) is 3.24. The summed E-state index contributed by atoms with van der Waals surface area (Å²) in [6.07, 6.45) is -0.246. The minimum absolute atomic E-state index is 0.219. The van der Waals surface area contributed by atoms with Crippen LogP contribution in [0.15, 0.2) is 4.99 Å².